The molecule has 2 aliphatic rings. The maximum absolute atomic E-state index is 13.1. The van der Waals surface area contributed by atoms with Crippen molar-refractivity contribution in [2.75, 3.05) is 11.5 Å². The van der Waals surface area contributed by atoms with Gasteiger partial charge in [0.1, 0.15) is 34.4 Å². The molecule has 1 fully saturated rings. The number of aliphatic carboxylic acids is 1. The van der Waals surface area contributed by atoms with E-state index in [4.69, 9.17) is 10.6 Å². The third-order valence-electron chi connectivity index (χ3n) is 5.78. The minimum absolute atomic E-state index is 0.0316. The summed E-state index contributed by atoms with van der Waals surface area (Å²) in [5.41, 5.74) is 6.69. The molecule has 5 heterocycles. The standard InChI is InChI=1S/C23H23N9O5S3/c1-11(2)37-28-15(18-26-23(24)40-29-18)19(33)25-16-20(34)32-17(22(35)36)12(10-39-21(16)32)6-9-38-13-4-5-14-30(3)7-8-31(14)27-13/h4-9,11,16,21H,10H2,1-3H3,(H3-,24,25,26,29,33,35,36)/p+1/b9-6+,28-15-/t16-,21-/m1/s1. The van der Waals surface area contributed by atoms with Gasteiger partial charge in [0.25, 0.3) is 11.8 Å². The summed E-state index contributed by atoms with van der Waals surface area (Å²) in [6.45, 7) is 3.46. The van der Waals surface area contributed by atoms with Gasteiger partial charge in [0.2, 0.25) is 11.5 Å². The van der Waals surface area contributed by atoms with E-state index in [0.717, 1.165) is 22.2 Å². The molecular weight excluding hydrogens is 579 g/mol. The van der Waals surface area contributed by atoms with E-state index in [0.29, 0.717) is 11.3 Å². The lowest BCUT2D eigenvalue weighted by molar-refractivity contribution is -0.644. The molecule has 2 amide bonds. The van der Waals surface area contributed by atoms with Crippen molar-refractivity contribution in [3.05, 3.63) is 53.1 Å². The second kappa shape index (κ2) is 11.3. The number of aromatic nitrogens is 5. The number of carboxylic acids is 1. The molecule has 0 radical (unpaired) electrons. The lowest BCUT2D eigenvalue weighted by Crippen LogP contribution is -2.71. The first kappa shape index (κ1) is 27.6. The summed E-state index contributed by atoms with van der Waals surface area (Å²) in [6, 6.07) is 2.84. The first-order valence-corrected chi connectivity index (χ1v) is 14.6. The molecule has 0 saturated carbocycles. The van der Waals surface area contributed by atoms with Gasteiger partial charge >= 0.3 is 11.6 Å². The summed E-state index contributed by atoms with van der Waals surface area (Å²) in [6.07, 6.45) is 5.08. The van der Waals surface area contributed by atoms with Crippen molar-refractivity contribution >= 4 is 69.3 Å². The molecule has 3 aromatic rings. The Hall–Kier alpha value is -3.96. The minimum Gasteiger partial charge on any atom is -0.477 e. The zero-order valence-electron chi connectivity index (χ0n) is 21.4. The van der Waals surface area contributed by atoms with Crippen molar-refractivity contribution in [1.29, 1.82) is 0 Å². The van der Waals surface area contributed by atoms with Gasteiger partial charge in [0, 0.05) is 23.4 Å². The maximum atomic E-state index is 13.1. The second-order valence-corrected chi connectivity index (χ2v) is 11.7. The number of imidazole rings is 1. The molecule has 0 bridgehead atoms. The number of rotatable bonds is 9. The van der Waals surface area contributed by atoms with Crippen molar-refractivity contribution in [3.8, 4) is 0 Å². The van der Waals surface area contributed by atoms with Gasteiger partial charge in [-0.05, 0) is 37.0 Å². The topological polar surface area (TPSA) is 181 Å². The summed E-state index contributed by atoms with van der Waals surface area (Å²) < 4.78 is 7.70. The van der Waals surface area contributed by atoms with Crippen LogP contribution in [0.4, 0.5) is 5.13 Å². The lowest BCUT2D eigenvalue weighted by atomic mass is 10.0. The molecule has 208 valence electrons. The number of thioether (sulfide) groups is 2. The number of nitrogens with two attached hydrogens (primary N) is 1. The van der Waals surface area contributed by atoms with Gasteiger partial charge in [-0.25, -0.2) is 9.36 Å². The number of hydrogen-bond donors (Lipinski definition) is 3. The molecule has 1 saturated heterocycles. The Morgan fingerprint density at radius 1 is 1.40 bits per heavy atom. The van der Waals surface area contributed by atoms with Crippen LogP contribution in [0.2, 0.25) is 0 Å². The van der Waals surface area contributed by atoms with Crippen molar-refractivity contribution < 1.29 is 28.9 Å². The molecule has 4 N–H and O–H groups in total. The van der Waals surface area contributed by atoms with Crippen molar-refractivity contribution in [3.63, 3.8) is 0 Å². The number of carbonyl (C=O) groups is 3. The van der Waals surface area contributed by atoms with Crippen molar-refractivity contribution in [1.82, 2.24) is 29.2 Å². The highest BCUT2D eigenvalue weighted by Gasteiger charge is 2.54. The first-order valence-electron chi connectivity index (χ1n) is 11.9. The van der Waals surface area contributed by atoms with Crippen LogP contribution in [0.1, 0.15) is 19.7 Å². The zero-order valence-corrected chi connectivity index (χ0v) is 23.9. The van der Waals surface area contributed by atoms with Crippen molar-refractivity contribution in [2.24, 2.45) is 12.2 Å². The number of β-lactam (4-membered cyclic amide) rings is 1. The van der Waals surface area contributed by atoms with E-state index >= 15 is 0 Å². The molecule has 40 heavy (non-hydrogen) atoms. The van der Waals surface area contributed by atoms with E-state index in [1.54, 1.807) is 29.8 Å². The number of fused-ring (bicyclic) bond motifs is 2. The Kier molecular flexibility index (Phi) is 7.77. The number of hydrogen-bond acceptors (Lipinski definition) is 12. The number of aryl methyl sites for hydroxylation is 1. The van der Waals surface area contributed by atoms with Crippen LogP contribution >= 0.6 is 35.1 Å². The van der Waals surface area contributed by atoms with Crippen LogP contribution in [0.15, 0.2) is 57.5 Å². The van der Waals surface area contributed by atoms with Crippen molar-refractivity contribution in [2.45, 2.75) is 36.4 Å². The fraction of sp³-hybridized carbons (Fsp3) is 0.304. The lowest BCUT2D eigenvalue weighted by Gasteiger charge is -2.49. The van der Waals surface area contributed by atoms with Crippen LogP contribution < -0.4 is 15.6 Å². The highest BCUT2D eigenvalue weighted by molar-refractivity contribution is 8.02. The highest BCUT2D eigenvalue weighted by atomic mass is 32.2. The zero-order chi connectivity index (χ0) is 28.6. The number of carboxylic acid groups (broad SMARTS) is 1. The van der Waals surface area contributed by atoms with Crippen LogP contribution in [0.3, 0.4) is 0 Å². The number of nitrogen functional groups attached to an aromatic ring is 1. The van der Waals surface area contributed by atoms with Crippen LogP contribution in [0.5, 0.6) is 0 Å². The van der Waals surface area contributed by atoms with Gasteiger partial charge in [-0.1, -0.05) is 22.0 Å². The molecule has 2 aliphatic heterocycles. The van der Waals surface area contributed by atoms with E-state index in [2.05, 4.69) is 24.9 Å². The molecule has 0 unspecified atom stereocenters. The normalized spacial score (nSPS) is 19.4. The Bertz CT molecular complexity index is 1600. The van der Waals surface area contributed by atoms with Gasteiger partial charge in [-0.2, -0.15) is 9.36 Å². The van der Waals surface area contributed by atoms with Crippen LogP contribution in [0, 0.1) is 0 Å². The highest BCUT2D eigenvalue weighted by Crippen LogP contribution is 2.41. The fourth-order valence-electron chi connectivity index (χ4n) is 3.94. The predicted octanol–water partition coefficient (Wildman–Crippen LogP) is 0.766. The van der Waals surface area contributed by atoms with Gasteiger partial charge in [0.15, 0.2) is 11.3 Å². The summed E-state index contributed by atoms with van der Waals surface area (Å²) >= 11 is 3.56. The number of nitrogens with one attached hydrogen (secondary N) is 1. The fourth-order valence-corrected chi connectivity index (χ4v) is 6.35. The first-order chi connectivity index (χ1) is 19.1. The number of amides is 2. The molecular formula is C23H24N9O5S3+. The smallest absolute Gasteiger partial charge is 0.352 e. The number of nitrogens with zero attached hydrogens (tertiary/aromatic N) is 7. The van der Waals surface area contributed by atoms with E-state index in [1.807, 2.05) is 36.1 Å². The molecule has 3 aromatic heterocycles. The number of oxime groups is 1. The van der Waals surface area contributed by atoms with E-state index in [9.17, 15) is 19.5 Å². The van der Waals surface area contributed by atoms with Crippen LogP contribution in [0.25, 0.3) is 5.65 Å². The van der Waals surface area contributed by atoms with Gasteiger partial charge in [0.05, 0.1) is 7.05 Å². The largest absolute Gasteiger partial charge is 0.477 e. The second-order valence-electron chi connectivity index (χ2n) is 8.89. The monoisotopic (exact) mass is 602 g/mol. The third kappa shape index (κ3) is 5.39. The maximum Gasteiger partial charge on any atom is 0.352 e. The molecule has 2 atom stereocenters. The summed E-state index contributed by atoms with van der Waals surface area (Å²) in [5.74, 6) is -2.23. The SMILES string of the molecule is CC(C)O/N=C(\C(=O)N[C@@H]1C(=O)N2C(C(=O)O)=C(/C=C/Sc3ccc4n(cc[n+]4C)n3)CS[C@H]12)c1nsc(N)n1. The summed E-state index contributed by atoms with van der Waals surface area (Å²) in [7, 11) is 1.92. The van der Waals surface area contributed by atoms with E-state index < -0.39 is 29.2 Å². The molecule has 17 heteroatoms. The predicted molar refractivity (Wildman–Crippen MR) is 148 cm³/mol. The van der Waals surface area contributed by atoms with Gasteiger partial charge in [-0.15, -0.1) is 16.3 Å². The summed E-state index contributed by atoms with van der Waals surface area (Å²) in [5, 5.41) is 22.9. The average molecular weight is 603 g/mol. The van der Waals surface area contributed by atoms with Crippen LogP contribution in [-0.4, -0.2) is 75.7 Å². The quantitative estimate of drug-likeness (QED) is 0.103. The molecule has 14 nitrogen and oxygen atoms in total. The third-order valence-corrected chi connectivity index (χ3v) is 8.35. The van der Waals surface area contributed by atoms with Gasteiger partial charge in [-0.3, -0.25) is 14.5 Å². The van der Waals surface area contributed by atoms with Crippen LogP contribution in [-0.2, 0) is 26.3 Å². The molecule has 5 rings (SSSR count). The average Bonchev–Trinajstić information content (AvgIpc) is 3.51. The molecule has 0 aromatic carbocycles. The van der Waals surface area contributed by atoms with E-state index in [1.165, 1.54) is 28.4 Å². The number of carbonyl (C=O) groups excluding carboxylic acids is 2. The van der Waals surface area contributed by atoms with E-state index in [-0.39, 0.29) is 28.5 Å². The number of anilines is 1. The Morgan fingerprint density at radius 3 is 2.90 bits per heavy atom. The molecule has 0 aliphatic carbocycles. The minimum atomic E-state index is -1.23. The Balaban J connectivity index is 1.30. The molecule has 0 spiro atoms. The Labute approximate surface area is 240 Å². The summed E-state index contributed by atoms with van der Waals surface area (Å²) in [4.78, 5) is 48.7. The number of allylic oxidation sites excluding steroid dienone is 1. The van der Waals surface area contributed by atoms with Gasteiger partial charge < -0.3 is 21.0 Å². The Morgan fingerprint density at radius 2 is 2.20 bits per heavy atom.